The lowest BCUT2D eigenvalue weighted by molar-refractivity contribution is -0.0599. The highest BCUT2D eigenvalue weighted by molar-refractivity contribution is 5.22. The lowest BCUT2D eigenvalue weighted by Gasteiger charge is -2.42. The first-order chi connectivity index (χ1) is 6.77. The molecule has 2 atom stereocenters. The second-order valence-electron chi connectivity index (χ2n) is 5.53. The normalized spacial score (nSPS) is 18.3. The van der Waals surface area contributed by atoms with Crippen molar-refractivity contribution in [3.05, 3.63) is 35.9 Å². The van der Waals surface area contributed by atoms with Crippen LogP contribution in [0.3, 0.4) is 0 Å². The van der Waals surface area contributed by atoms with Gasteiger partial charge < -0.3 is 5.11 Å². The van der Waals surface area contributed by atoms with Crippen LogP contribution in [0.4, 0.5) is 0 Å². The van der Waals surface area contributed by atoms with Crippen LogP contribution in [0, 0.1) is 5.41 Å². The van der Waals surface area contributed by atoms with Gasteiger partial charge in [0, 0.05) is 5.92 Å². The van der Waals surface area contributed by atoms with Crippen LogP contribution in [0.2, 0.25) is 0 Å². The predicted octanol–water partition coefficient (Wildman–Crippen LogP) is 3.59. The minimum atomic E-state index is -0.700. The molecule has 0 heterocycles. The maximum atomic E-state index is 10.6. The fourth-order valence-electron chi connectivity index (χ4n) is 1.72. The van der Waals surface area contributed by atoms with Gasteiger partial charge in [-0.25, -0.2) is 0 Å². The van der Waals surface area contributed by atoms with Crippen LogP contribution in [0.5, 0.6) is 0 Å². The van der Waals surface area contributed by atoms with E-state index in [1.807, 2.05) is 25.1 Å². The van der Waals surface area contributed by atoms with Gasteiger partial charge in [0.25, 0.3) is 0 Å². The first-order valence-electron chi connectivity index (χ1n) is 5.54. The summed E-state index contributed by atoms with van der Waals surface area (Å²) in [5.74, 6) is 0.138. The van der Waals surface area contributed by atoms with Gasteiger partial charge in [-0.05, 0) is 17.9 Å². The van der Waals surface area contributed by atoms with Crippen LogP contribution < -0.4 is 0 Å². The lowest BCUT2D eigenvalue weighted by Crippen LogP contribution is -2.44. The molecular formula is C14H22O. The monoisotopic (exact) mass is 206 g/mol. The first kappa shape index (κ1) is 12.3. The van der Waals surface area contributed by atoms with Crippen LogP contribution in [-0.2, 0) is 0 Å². The maximum absolute atomic E-state index is 10.6. The molecule has 84 valence electrons. The molecule has 1 heteroatoms. The van der Waals surface area contributed by atoms with Crippen molar-refractivity contribution in [2.24, 2.45) is 5.41 Å². The minimum absolute atomic E-state index is 0.123. The van der Waals surface area contributed by atoms with E-state index in [9.17, 15) is 5.11 Å². The van der Waals surface area contributed by atoms with E-state index < -0.39 is 5.60 Å². The average Bonchev–Trinajstić information content (AvgIpc) is 2.16. The van der Waals surface area contributed by atoms with E-state index in [1.54, 1.807) is 0 Å². The Bertz CT molecular complexity index is 306. The molecule has 1 aromatic rings. The average molecular weight is 206 g/mol. The Labute approximate surface area is 93.1 Å². The minimum Gasteiger partial charge on any atom is -0.389 e. The molecule has 0 bridgehead atoms. The number of hydrogen-bond acceptors (Lipinski definition) is 1. The second kappa shape index (κ2) is 3.97. The van der Waals surface area contributed by atoms with E-state index in [2.05, 4.69) is 39.8 Å². The Morgan fingerprint density at radius 1 is 1.00 bits per heavy atom. The van der Waals surface area contributed by atoms with Crippen molar-refractivity contribution in [3.63, 3.8) is 0 Å². The van der Waals surface area contributed by atoms with Gasteiger partial charge in [0.05, 0.1) is 5.60 Å². The summed E-state index contributed by atoms with van der Waals surface area (Å²) in [5.41, 5.74) is 0.369. The molecule has 0 fully saturated rings. The fraction of sp³-hybridized carbons (Fsp3) is 0.571. The van der Waals surface area contributed by atoms with Crippen LogP contribution in [0.15, 0.2) is 30.3 Å². The zero-order valence-electron chi connectivity index (χ0n) is 10.4. The molecular weight excluding hydrogens is 184 g/mol. The molecule has 0 spiro atoms. The Hall–Kier alpha value is -0.820. The van der Waals surface area contributed by atoms with Gasteiger partial charge in [-0.2, -0.15) is 0 Å². The van der Waals surface area contributed by atoms with Gasteiger partial charge in [-0.1, -0.05) is 58.0 Å². The first-order valence-corrected chi connectivity index (χ1v) is 5.54. The summed E-state index contributed by atoms with van der Waals surface area (Å²) >= 11 is 0. The summed E-state index contributed by atoms with van der Waals surface area (Å²) < 4.78 is 0. The molecule has 0 saturated heterocycles. The second-order valence-corrected chi connectivity index (χ2v) is 5.53. The molecule has 0 radical (unpaired) electrons. The van der Waals surface area contributed by atoms with Crippen molar-refractivity contribution in [3.8, 4) is 0 Å². The molecule has 0 aliphatic carbocycles. The smallest absolute Gasteiger partial charge is 0.0733 e. The summed E-state index contributed by atoms with van der Waals surface area (Å²) in [7, 11) is 0. The summed E-state index contributed by atoms with van der Waals surface area (Å²) in [5, 5.41) is 10.6. The largest absolute Gasteiger partial charge is 0.389 e. The maximum Gasteiger partial charge on any atom is 0.0733 e. The van der Waals surface area contributed by atoms with Crippen LogP contribution in [0.1, 0.15) is 46.1 Å². The lowest BCUT2D eigenvalue weighted by atomic mass is 9.69. The topological polar surface area (TPSA) is 20.2 Å². The predicted molar refractivity (Wildman–Crippen MR) is 64.9 cm³/mol. The summed E-state index contributed by atoms with van der Waals surface area (Å²) in [6.07, 6.45) is 0. The van der Waals surface area contributed by atoms with Gasteiger partial charge in [-0.15, -0.1) is 0 Å². The number of hydrogen-bond donors (Lipinski definition) is 1. The van der Waals surface area contributed by atoms with Crippen molar-refractivity contribution >= 4 is 0 Å². The molecule has 0 aliphatic heterocycles. The number of benzene rings is 1. The van der Waals surface area contributed by atoms with E-state index in [0.717, 1.165) is 0 Å². The van der Waals surface area contributed by atoms with Crippen LogP contribution >= 0.6 is 0 Å². The summed E-state index contributed by atoms with van der Waals surface area (Å²) in [4.78, 5) is 0. The van der Waals surface area contributed by atoms with Gasteiger partial charge in [0.1, 0.15) is 0 Å². The summed E-state index contributed by atoms with van der Waals surface area (Å²) in [6.45, 7) is 10.2. The zero-order chi connectivity index (χ0) is 11.7. The third kappa shape index (κ3) is 2.40. The van der Waals surface area contributed by atoms with Crippen molar-refractivity contribution in [2.75, 3.05) is 0 Å². The van der Waals surface area contributed by atoms with Gasteiger partial charge in [0.2, 0.25) is 0 Å². The van der Waals surface area contributed by atoms with E-state index in [-0.39, 0.29) is 11.3 Å². The van der Waals surface area contributed by atoms with Crippen molar-refractivity contribution in [1.29, 1.82) is 0 Å². The van der Waals surface area contributed by atoms with Crippen molar-refractivity contribution in [1.82, 2.24) is 0 Å². The standard InChI is InChI=1S/C14H22O/c1-11(12-9-7-6-8-10-12)14(5,15)13(2,3)4/h6-11,15H,1-5H3/t11-,14-/m0/s1. The van der Waals surface area contributed by atoms with E-state index in [4.69, 9.17) is 0 Å². The molecule has 15 heavy (non-hydrogen) atoms. The highest BCUT2D eigenvalue weighted by atomic mass is 16.3. The van der Waals surface area contributed by atoms with Crippen molar-refractivity contribution < 1.29 is 5.11 Å². The van der Waals surface area contributed by atoms with Gasteiger partial charge >= 0.3 is 0 Å². The zero-order valence-corrected chi connectivity index (χ0v) is 10.4. The SMILES string of the molecule is C[C@@H](c1ccccc1)[C@](C)(O)C(C)(C)C. The molecule has 1 rings (SSSR count). The molecule has 0 unspecified atom stereocenters. The van der Waals surface area contributed by atoms with Crippen LogP contribution in [-0.4, -0.2) is 10.7 Å². The Morgan fingerprint density at radius 3 is 1.87 bits per heavy atom. The van der Waals surface area contributed by atoms with Crippen LogP contribution in [0.25, 0.3) is 0 Å². The highest BCUT2D eigenvalue weighted by Crippen LogP contribution is 2.40. The Kier molecular flexibility index (Phi) is 3.25. The molecule has 0 aromatic heterocycles. The van der Waals surface area contributed by atoms with E-state index >= 15 is 0 Å². The van der Waals surface area contributed by atoms with Crippen molar-refractivity contribution in [2.45, 2.75) is 46.1 Å². The van der Waals surface area contributed by atoms with Gasteiger partial charge in [0.15, 0.2) is 0 Å². The third-order valence-electron chi connectivity index (χ3n) is 3.66. The fourth-order valence-corrected chi connectivity index (χ4v) is 1.72. The number of rotatable bonds is 2. The van der Waals surface area contributed by atoms with E-state index in [0.29, 0.717) is 0 Å². The Balaban J connectivity index is 3.00. The van der Waals surface area contributed by atoms with E-state index in [1.165, 1.54) is 5.56 Å². The quantitative estimate of drug-likeness (QED) is 0.784. The third-order valence-corrected chi connectivity index (χ3v) is 3.66. The molecule has 1 N–H and O–H groups in total. The molecule has 1 nitrogen and oxygen atoms in total. The highest BCUT2D eigenvalue weighted by Gasteiger charge is 2.40. The van der Waals surface area contributed by atoms with Gasteiger partial charge in [-0.3, -0.25) is 0 Å². The molecule has 0 amide bonds. The molecule has 0 aliphatic rings. The Morgan fingerprint density at radius 2 is 1.47 bits per heavy atom. The molecule has 1 aromatic carbocycles. The molecule has 0 saturated carbocycles. The number of aliphatic hydroxyl groups is 1. The summed E-state index contributed by atoms with van der Waals surface area (Å²) in [6, 6.07) is 10.2.